The highest BCUT2D eigenvalue weighted by Crippen LogP contribution is 2.22. The molecule has 0 aliphatic rings. The van der Waals surface area contributed by atoms with Crippen molar-refractivity contribution in [2.24, 2.45) is 0 Å². The molecule has 17 heavy (non-hydrogen) atoms. The summed E-state index contributed by atoms with van der Waals surface area (Å²) in [6.07, 6.45) is 0.816. The first-order chi connectivity index (χ1) is 8.16. The van der Waals surface area contributed by atoms with Crippen molar-refractivity contribution in [3.05, 3.63) is 59.7 Å². The van der Waals surface area contributed by atoms with E-state index in [2.05, 4.69) is 17.0 Å². The molecule has 0 bridgehead atoms. The van der Waals surface area contributed by atoms with Crippen LogP contribution in [0, 0.1) is 6.07 Å². The van der Waals surface area contributed by atoms with Gasteiger partial charge in [-0.15, -0.1) is 0 Å². The molecule has 0 aromatic heterocycles. The highest BCUT2D eigenvalue weighted by atomic mass is 16.3. The van der Waals surface area contributed by atoms with Crippen molar-refractivity contribution in [2.45, 2.75) is 6.42 Å². The molecule has 1 radical (unpaired) electrons. The molecular weight excluding hydrogens is 210 g/mol. The average Bonchev–Trinajstić information content (AvgIpc) is 2.29. The van der Waals surface area contributed by atoms with Crippen LogP contribution in [0.25, 0.3) is 0 Å². The molecule has 87 valence electrons. The third-order valence-electron chi connectivity index (χ3n) is 2.72. The lowest BCUT2D eigenvalue weighted by Crippen LogP contribution is -2.11. The fraction of sp³-hybridized carbons (Fsp3) is 0.200. The van der Waals surface area contributed by atoms with Crippen LogP contribution in [0.4, 0.5) is 5.69 Å². The Labute approximate surface area is 102 Å². The number of anilines is 1. The molecule has 0 aliphatic heterocycles. The zero-order valence-corrected chi connectivity index (χ0v) is 10.1. The molecule has 2 heteroatoms. The van der Waals surface area contributed by atoms with E-state index in [0.717, 1.165) is 17.7 Å². The summed E-state index contributed by atoms with van der Waals surface area (Å²) in [4.78, 5) is 2.08. The monoisotopic (exact) mass is 226 g/mol. The molecule has 2 rings (SSSR count). The molecular formula is C15H16NO. The van der Waals surface area contributed by atoms with Gasteiger partial charge in [0.25, 0.3) is 0 Å². The van der Waals surface area contributed by atoms with Crippen molar-refractivity contribution in [3.63, 3.8) is 0 Å². The van der Waals surface area contributed by atoms with Gasteiger partial charge in [0.15, 0.2) is 0 Å². The normalized spacial score (nSPS) is 10.2. The highest BCUT2D eigenvalue weighted by Gasteiger charge is 2.04. The molecule has 0 saturated heterocycles. The predicted molar refractivity (Wildman–Crippen MR) is 70.5 cm³/mol. The Morgan fingerprint density at radius 2 is 2.06 bits per heavy atom. The number of aromatic hydroxyl groups is 1. The highest BCUT2D eigenvalue weighted by molar-refractivity contribution is 5.53. The number of hydrogen-bond acceptors (Lipinski definition) is 2. The zero-order valence-electron chi connectivity index (χ0n) is 10.1. The van der Waals surface area contributed by atoms with Crippen LogP contribution in [0.2, 0.25) is 0 Å². The van der Waals surface area contributed by atoms with Crippen molar-refractivity contribution >= 4 is 5.69 Å². The lowest BCUT2D eigenvalue weighted by molar-refractivity contribution is 0.474. The van der Waals surface area contributed by atoms with E-state index >= 15 is 0 Å². The van der Waals surface area contributed by atoms with Crippen molar-refractivity contribution < 1.29 is 5.11 Å². The SMILES string of the molecule is CN(C)c1c[c]ccc1Cc1cccc(O)c1. The third-order valence-corrected chi connectivity index (χ3v) is 2.72. The molecule has 0 spiro atoms. The van der Waals surface area contributed by atoms with Gasteiger partial charge in [0.05, 0.1) is 0 Å². The van der Waals surface area contributed by atoms with E-state index in [9.17, 15) is 5.11 Å². The van der Waals surface area contributed by atoms with Gasteiger partial charge in [-0.05, 0) is 41.8 Å². The summed E-state index contributed by atoms with van der Waals surface area (Å²) in [5, 5.41) is 9.45. The second-order valence-electron chi connectivity index (χ2n) is 4.30. The fourth-order valence-electron chi connectivity index (χ4n) is 1.91. The summed E-state index contributed by atoms with van der Waals surface area (Å²) in [5.74, 6) is 0.316. The fourth-order valence-corrected chi connectivity index (χ4v) is 1.91. The number of rotatable bonds is 3. The minimum absolute atomic E-state index is 0.316. The lowest BCUT2D eigenvalue weighted by Gasteiger charge is -2.17. The van der Waals surface area contributed by atoms with E-state index in [1.54, 1.807) is 12.1 Å². The van der Waals surface area contributed by atoms with Gasteiger partial charge in [0.2, 0.25) is 0 Å². The average molecular weight is 226 g/mol. The van der Waals surface area contributed by atoms with Gasteiger partial charge in [0.1, 0.15) is 5.75 Å². The van der Waals surface area contributed by atoms with Crippen molar-refractivity contribution in [2.75, 3.05) is 19.0 Å². The molecule has 0 heterocycles. The Balaban J connectivity index is 2.30. The lowest BCUT2D eigenvalue weighted by atomic mass is 10.0. The Morgan fingerprint density at radius 1 is 1.24 bits per heavy atom. The van der Waals surface area contributed by atoms with E-state index in [4.69, 9.17) is 0 Å². The van der Waals surface area contributed by atoms with Gasteiger partial charge >= 0.3 is 0 Å². The quantitative estimate of drug-likeness (QED) is 0.870. The molecule has 0 unspecified atom stereocenters. The topological polar surface area (TPSA) is 23.5 Å². The van der Waals surface area contributed by atoms with E-state index in [1.807, 2.05) is 38.4 Å². The maximum absolute atomic E-state index is 9.45. The number of benzene rings is 2. The zero-order chi connectivity index (χ0) is 12.3. The molecule has 0 aliphatic carbocycles. The standard InChI is InChI=1S/C15H16NO/c1-16(2)15-9-4-3-7-13(15)10-12-6-5-8-14(17)11-12/h3,5-9,11,17H,10H2,1-2H3. The Morgan fingerprint density at radius 3 is 2.76 bits per heavy atom. The van der Waals surface area contributed by atoms with Gasteiger partial charge in [-0.1, -0.05) is 24.3 Å². The van der Waals surface area contributed by atoms with Crippen molar-refractivity contribution in [1.82, 2.24) is 0 Å². The van der Waals surface area contributed by atoms with Crippen LogP contribution in [-0.2, 0) is 6.42 Å². The maximum atomic E-state index is 9.45. The van der Waals surface area contributed by atoms with Crippen LogP contribution in [0.1, 0.15) is 11.1 Å². The number of phenolic OH excluding ortho intramolecular Hbond substituents is 1. The van der Waals surface area contributed by atoms with Crippen molar-refractivity contribution in [1.29, 1.82) is 0 Å². The van der Waals surface area contributed by atoms with Crippen LogP contribution in [0.15, 0.2) is 42.5 Å². The van der Waals surface area contributed by atoms with Gasteiger partial charge in [-0.2, -0.15) is 0 Å². The van der Waals surface area contributed by atoms with Gasteiger partial charge in [-0.25, -0.2) is 0 Å². The predicted octanol–water partition coefficient (Wildman–Crippen LogP) is 2.85. The molecule has 0 saturated carbocycles. The molecule has 2 aromatic rings. The second-order valence-corrected chi connectivity index (χ2v) is 4.30. The van der Waals surface area contributed by atoms with E-state index in [-0.39, 0.29) is 0 Å². The molecule has 0 fully saturated rings. The van der Waals surface area contributed by atoms with E-state index < -0.39 is 0 Å². The first kappa shape index (κ1) is 11.5. The summed E-state index contributed by atoms with van der Waals surface area (Å²) < 4.78 is 0. The molecule has 1 N–H and O–H groups in total. The largest absolute Gasteiger partial charge is 0.508 e. The number of phenols is 1. The maximum Gasteiger partial charge on any atom is 0.115 e. The van der Waals surface area contributed by atoms with Crippen LogP contribution in [0.3, 0.4) is 0 Å². The summed E-state index contributed by atoms with van der Waals surface area (Å²) in [5.41, 5.74) is 3.51. The minimum atomic E-state index is 0.316. The van der Waals surface area contributed by atoms with E-state index in [0.29, 0.717) is 5.75 Å². The van der Waals surface area contributed by atoms with Crippen LogP contribution in [0.5, 0.6) is 5.75 Å². The summed E-state index contributed by atoms with van der Waals surface area (Å²) >= 11 is 0. The van der Waals surface area contributed by atoms with E-state index in [1.165, 1.54) is 5.56 Å². The smallest absolute Gasteiger partial charge is 0.115 e. The first-order valence-electron chi connectivity index (χ1n) is 5.61. The summed E-state index contributed by atoms with van der Waals surface area (Å²) in [7, 11) is 4.05. The molecule has 2 aromatic carbocycles. The van der Waals surface area contributed by atoms with Crippen LogP contribution >= 0.6 is 0 Å². The Bertz CT molecular complexity index is 506. The van der Waals surface area contributed by atoms with Crippen LogP contribution < -0.4 is 4.90 Å². The third kappa shape index (κ3) is 2.78. The number of hydrogen-bond donors (Lipinski definition) is 1. The molecule has 0 atom stereocenters. The summed E-state index contributed by atoms with van der Waals surface area (Å²) in [6.45, 7) is 0. The summed E-state index contributed by atoms with van der Waals surface area (Å²) in [6, 6.07) is 16.4. The Hall–Kier alpha value is -1.96. The van der Waals surface area contributed by atoms with Gasteiger partial charge in [0, 0.05) is 19.8 Å². The molecule has 2 nitrogen and oxygen atoms in total. The van der Waals surface area contributed by atoms with Gasteiger partial charge < -0.3 is 10.0 Å². The van der Waals surface area contributed by atoms with Gasteiger partial charge in [-0.3, -0.25) is 0 Å². The second kappa shape index (κ2) is 4.91. The van der Waals surface area contributed by atoms with Crippen LogP contribution in [-0.4, -0.2) is 19.2 Å². The molecule has 0 amide bonds. The van der Waals surface area contributed by atoms with Crippen molar-refractivity contribution in [3.8, 4) is 5.75 Å². The number of nitrogens with zero attached hydrogens (tertiary/aromatic N) is 1. The Kier molecular flexibility index (Phi) is 3.33. The minimum Gasteiger partial charge on any atom is -0.508 e. The first-order valence-corrected chi connectivity index (χ1v) is 5.61.